The molecule has 1 heterocycles. The van der Waals surface area contributed by atoms with E-state index in [0.717, 1.165) is 6.42 Å². The smallest absolute Gasteiger partial charge is 0.317 e. The van der Waals surface area contributed by atoms with Gasteiger partial charge in [0.2, 0.25) is 0 Å². The zero-order chi connectivity index (χ0) is 12.9. The average Bonchev–Trinajstić information content (AvgIpc) is 2.30. The van der Waals surface area contributed by atoms with Crippen molar-refractivity contribution in [1.82, 2.24) is 10.2 Å². The fourth-order valence-corrected chi connectivity index (χ4v) is 1.83. The monoisotopic (exact) mass is 243 g/mol. The van der Waals surface area contributed by atoms with Crippen LogP contribution in [-0.4, -0.2) is 48.2 Å². The van der Waals surface area contributed by atoms with Gasteiger partial charge in [0.15, 0.2) is 0 Å². The van der Waals surface area contributed by atoms with E-state index < -0.39 is 11.4 Å². The minimum Gasteiger partial charge on any atom is -0.481 e. The van der Waals surface area contributed by atoms with Gasteiger partial charge in [0.25, 0.3) is 0 Å². The second-order valence-electron chi connectivity index (χ2n) is 4.73. The molecule has 2 amide bonds. The lowest BCUT2D eigenvalue weighted by atomic mass is 9.80. The number of amides is 2. The Bertz CT molecular complexity index is 286. The van der Waals surface area contributed by atoms with Crippen molar-refractivity contribution in [3.8, 4) is 0 Å². The molecular formula is C11H21N3O3. The quantitative estimate of drug-likeness (QED) is 0.616. The first-order valence-electron chi connectivity index (χ1n) is 5.96. The highest BCUT2D eigenvalue weighted by atomic mass is 16.4. The van der Waals surface area contributed by atoms with E-state index in [1.54, 1.807) is 11.8 Å². The summed E-state index contributed by atoms with van der Waals surface area (Å²) in [6.45, 7) is 3.85. The molecule has 0 saturated carbocycles. The van der Waals surface area contributed by atoms with Crippen molar-refractivity contribution in [3.63, 3.8) is 0 Å². The number of nitrogens with one attached hydrogen (secondary N) is 1. The number of aliphatic carboxylic acids is 1. The van der Waals surface area contributed by atoms with Crippen LogP contribution in [0.25, 0.3) is 0 Å². The molecule has 0 aromatic carbocycles. The molecule has 6 nitrogen and oxygen atoms in total. The second-order valence-corrected chi connectivity index (χ2v) is 4.73. The molecule has 1 aliphatic rings. The summed E-state index contributed by atoms with van der Waals surface area (Å²) in [5.41, 5.74) is 4.65. The molecular weight excluding hydrogens is 222 g/mol. The molecule has 4 N–H and O–H groups in total. The van der Waals surface area contributed by atoms with Crippen LogP contribution in [0, 0.1) is 5.41 Å². The largest absolute Gasteiger partial charge is 0.481 e. The van der Waals surface area contributed by atoms with Gasteiger partial charge in [-0.15, -0.1) is 0 Å². The first-order valence-corrected chi connectivity index (χ1v) is 5.96. The number of nitrogens with zero attached hydrogens (tertiary/aromatic N) is 1. The zero-order valence-electron chi connectivity index (χ0n) is 10.2. The highest BCUT2D eigenvalue weighted by molar-refractivity contribution is 5.76. The Balaban J connectivity index is 2.36. The summed E-state index contributed by atoms with van der Waals surface area (Å²) in [5.74, 6) is -0.777. The van der Waals surface area contributed by atoms with Gasteiger partial charge in [0.1, 0.15) is 0 Å². The van der Waals surface area contributed by atoms with Crippen LogP contribution in [-0.2, 0) is 4.79 Å². The van der Waals surface area contributed by atoms with Gasteiger partial charge in [-0.1, -0.05) is 0 Å². The SMILES string of the molecule is CC1(C(=O)O)CCN(C(=O)NCCCN)CC1. The van der Waals surface area contributed by atoms with Crippen molar-refractivity contribution in [2.75, 3.05) is 26.2 Å². The Kier molecular flexibility index (Phi) is 4.74. The number of piperidine rings is 1. The highest BCUT2D eigenvalue weighted by Gasteiger charge is 2.37. The normalized spacial score (nSPS) is 18.8. The van der Waals surface area contributed by atoms with Crippen LogP contribution in [0.2, 0.25) is 0 Å². The summed E-state index contributed by atoms with van der Waals surface area (Å²) in [7, 11) is 0. The molecule has 0 atom stereocenters. The number of carbonyl (C=O) groups excluding carboxylic acids is 1. The van der Waals surface area contributed by atoms with Crippen molar-refractivity contribution < 1.29 is 14.7 Å². The van der Waals surface area contributed by atoms with Gasteiger partial charge in [-0.3, -0.25) is 4.79 Å². The van der Waals surface area contributed by atoms with Gasteiger partial charge < -0.3 is 21.1 Å². The predicted octanol–water partition coefficient (Wildman–Crippen LogP) is 0.232. The third-order valence-corrected chi connectivity index (χ3v) is 3.33. The fourth-order valence-electron chi connectivity index (χ4n) is 1.83. The number of carboxylic acids is 1. The van der Waals surface area contributed by atoms with E-state index in [0.29, 0.717) is 39.0 Å². The lowest BCUT2D eigenvalue weighted by Crippen LogP contribution is -2.48. The van der Waals surface area contributed by atoms with Crippen LogP contribution in [0.15, 0.2) is 0 Å². The molecule has 6 heteroatoms. The van der Waals surface area contributed by atoms with Crippen molar-refractivity contribution in [3.05, 3.63) is 0 Å². The predicted molar refractivity (Wildman–Crippen MR) is 63.6 cm³/mol. The van der Waals surface area contributed by atoms with Crippen molar-refractivity contribution in [1.29, 1.82) is 0 Å². The molecule has 1 rings (SSSR count). The number of urea groups is 1. The second kappa shape index (κ2) is 5.86. The molecule has 0 radical (unpaired) electrons. The molecule has 98 valence electrons. The molecule has 0 aliphatic carbocycles. The summed E-state index contributed by atoms with van der Waals surface area (Å²) in [6, 6.07) is -0.120. The third-order valence-electron chi connectivity index (χ3n) is 3.33. The molecule has 0 aromatic rings. The highest BCUT2D eigenvalue weighted by Crippen LogP contribution is 2.30. The van der Waals surface area contributed by atoms with Gasteiger partial charge in [-0.2, -0.15) is 0 Å². The van der Waals surface area contributed by atoms with E-state index in [1.165, 1.54) is 0 Å². The van der Waals surface area contributed by atoms with E-state index >= 15 is 0 Å². The summed E-state index contributed by atoms with van der Waals surface area (Å²) >= 11 is 0. The maximum atomic E-state index is 11.7. The standard InChI is InChI=1S/C11H21N3O3/c1-11(9(15)16)3-7-14(8-4-11)10(17)13-6-2-5-12/h2-8,12H2,1H3,(H,13,17)(H,15,16). The molecule has 17 heavy (non-hydrogen) atoms. The number of hydrogen-bond donors (Lipinski definition) is 3. The summed E-state index contributed by atoms with van der Waals surface area (Å²) < 4.78 is 0. The summed E-state index contributed by atoms with van der Waals surface area (Å²) in [6.07, 6.45) is 1.77. The maximum Gasteiger partial charge on any atom is 0.317 e. The van der Waals surface area contributed by atoms with Crippen LogP contribution < -0.4 is 11.1 Å². The Morgan fingerprint density at radius 1 is 1.41 bits per heavy atom. The van der Waals surface area contributed by atoms with Crippen LogP contribution in [0.1, 0.15) is 26.2 Å². The lowest BCUT2D eigenvalue weighted by Gasteiger charge is -2.36. The van der Waals surface area contributed by atoms with Crippen molar-refractivity contribution >= 4 is 12.0 Å². The molecule has 1 saturated heterocycles. The van der Waals surface area contributed by atoms with E-state index in [1.807, 2.05) is 0 Å². The number of carboxylic acid groups (broad SMARTS) is 1. The number of carbonyl (C=O) groups is 2. The Labute approximate surface area is 101 Å². The van der Waals surface area contributed by atoms with Gasteiger partial charge in [0.05, 0.1) is 5.41 Å². The number of rotatable bonds is 4. The van der Waals surface area contributed by atoms with E-state index in [-0.39, 0.29) is 6.03 Å². The molecule has 0 aromatic heterocycles. The molecule has 0 bridgehead atoms. The van der Waals surface area contributed by atoms with Crippen molar-refractivity contribution in [2.45, 2.75) is 26.2 Å². The molecule has 1 aliphatic heterocycles. The lowest BCUT2D eigenvalue weighted by molar-refractivity contribution is -0.150. The van der Waals surface area contributed by atoms with E-state index in [9.17, 15) is 9.59 Å². The van der Waals surface area contributed by atoms with Gasteiger partial charge in [-0.05, 0) is 32.7 Å². The first-order chi connectivity index (χ1) is 7.99. The van der Waals surface area contributed by atoms with E-state index in [2.05, 4.69) is 5.32 Å². The van der Waals surface area contributed by atoms with Crippen LogP contribution in [0.5, 0.6) is 0 Å². The van der Waals surface area contributed by atoms with Gasteiger partial charge in [0, 0.05) is 19.6 Å². The number of nitrogens with two attached hydrogens (primary N) is 1. The molecule has 0 unspecified atom stereocenters. The number of likely N-dealkylation sites (tertiary alicyclic amines) is 1. The van der Waals surface area contributed by atoms with Crippen molar-refractivity contribution in [2.24, 2.45) is 11.1 Å². The van der Waals surface area contributed by atoms with Gasteiger partial charge in [-0.25, -0.2) is 4.79 Å². The minimum atomic E-state index is -0.777. The maximum absolute atomic E-state index is 11.7. The zero-order valence-corrected chi connectivity index (χ0v) is 10.2. The van der Waals surface area contributed by atoms with Gasteiger partial charge >= 0.3 is 12.0 Å². The van der Waals surface area contributed by atoms with E-state index in [4.69, 9.17) is 10.8 Å². The molecule has 1 fully saturated rings. The third kappa shape index (κ3) is 3.59. The minimum absolute atomic E-state index is 0.120. The van der Waals surface area contributed by atoms with Crippen LogP contribution in [0.4, 0.5) is 4.79 Å². The average molecular weight is 243 g/mol. The Hall–Kier alpha value is -1.30. The fraction of sp³-hybridized carbons (Fsp3) is 0.818. The molecule has 0 spiro atoms. The van der Waals surface area contributed by atoms with Crippen LogP contribution in [0.3, 0.4) is 0 Å². The topological polar surface area (TPSA) is 95.7 Å². The first kappa shape index (κ1) is 13.8. The Morgan fingerprint density at radius 2 is 2.00 bits per heavy atom. The summed E-state index contributed by atoms with van der Waals surface area (Å²) in [4.78, 5) is 24.4. The number of hydrogen-bond acceptors (Lipinski definition) is 3. The summed E-state index contributed by atoms with van der Waals surface area (Å²) in [5, 5.41) is 11.8. The Morgan fingerprint density at radius 3 is 2.47 bits per heavy atom. The van der Waals surface area contributed by atoms with Crippen LogP contribution >= 0.6 is 0 Å².